The summed E-state index contributed by atoms with van der Waals surface area (Å²) in [5.41, 5.74) is 0.642. The first-order chi connectivity index (χ1) is 9.69. The van der Waals surface area contributed by atoms with Crippen LogP contribution in [0, 0.1) is 5.82 Å². The second-order valence-corrected chi connectivity index (χ2v) is 12.1. The van der Waals surface area contributed by atoms with E-state index in [4.69, 9.17) is 5.21 Å². The first-order valence-electron chi connectivity index (χ1n) is 6.19. The Morgan fingerprint density at radius 1 is 1.50 bits per heavy atom. The molecule has 1 aromatic rings. The van der Waals surface area contributed by atoms with Crippen molar-refractivity contribution in [2.24, 2.45) is 5.16 Å². The Hall–Kier alpha value is -0.871. The molecular weight excluding hydrogens is 393 g/mol. The Bertz CT molecular complexity index is 505. The molecular formula is C13H15FN2O2Se2. The third-order valence-corrected chi connectivity index (χ3v) is 10.3. The van der Waals surface area contributed by atoms with E-state index in [2.05, 4.69) is 10.5 Å². The normalized spacial score (nSPS) is 19.6. The zero-order chi connectivity index (χ0) is 14.4. The predicted octanol–water partition coefficient (Wildman–Crippen LogP) is 1.25. The van der Waals surface area contributed by atoms with Crippen molar-refractivity contribution in [3.63, 3.8) is 0 Å². The summed E-state index contributed by atoms with van der Waals surface area (Å²) < 4.78 is 13.1. The minimum atomic E-state index is -0.364. The quantitative estimate of drug-likeness (QED) is 0.341. The first-order valence-corrected chi connectivity index (χ1v) is 13.0. The van der Waals surface area contributed by atoms with Crippen molar-refractivity contribution in [3.05, 3.63) is 35.6 Å². The number of carbonyl (C=O) groups is 1. The van der Waals surface area contributed by atoms with Gasteiger partial charge in [0.25, 0.3) is 0 Å². The summed E-state index contributed by atoms with van der Waals surface area (Å²) >= 11 is 1.42. The Balaban J connectivity index is 1.95. The number of rotatable bonds is 4. The van der Waals surface area contributed by atoms with Gasteiger partial charge < -0.3 is 0 Å². The van der Waals surface area contributed by atoms with Gasteiger partial charge in [0.05, 0.1) is 0 Å². The average molecular weight is 408 g/mol. The molecule has 20 heavy (non-hydrogen) atoms. The van der Waals surface area contributed by atoms with Crippen molar-refractivity contribution in [2.75, 3.05) is 0 Å². The van der Waals surface area contributed by atoms with Gasteiger partial charge in [0.2, 0.25) is 0 Å². The van der Waals surface area contributed by atoms with E-state index in [-0.39, 0.29) is 29.9 Å². The van der Waals surface area contributed by atoms with Crippen LogP contribution in [0.25, 0.3) is 0 Å². The first kappa shape index (κ1) is 15.5. The molecule has 0 aliphatic carbocycles. The summed E-state index contributed by atoms with van der Waals surface area (Å²) in [4.78, 5) is 12.0. The summed E-state index contributed by atoms with van der Waals surface area (Å²) in [5, 5.41) is 17.2. The molecule has 1 aliphatic heterocycles. The number of nitrogens with one attached hydrogen (secondary N) is 1. The average Bonchev–Trinajstić information content (AvgIpc) is 2.46. The monoisotopic (exact) mass is 410 g/mol. The molecule has 1 unspecified atom stereocenters. The second kappa shape index (κ2) is 7.79. The number of hydrogen-bond donors (Lipinski definition) is 2. The van der Waals surface area contributed by atoms with Crippen LogP contribution in [0.3, 0.4) is 0 Å². The van der Waals surface area contributed by atoms with Gasteiger partial charge in [0.1, 0.15) is 0 Å². The molecule has 1 atom stereocenters. The Labute approximate surface area is 128 Å². The zero-order valence-corrected chi connectivity index (χ0v) is 14.1. The maximum atomic E-state index is 13.1. The second-order valence-electron chi connectivity index (χ2n) is 4.42. The number of amides is 1. The van der Waals surface area contributed by atoms with E-state index in [1.807, 2.05) is 0 Å². The van der Waals surface area contributed by atoms with E-state index in [1.165, 1.54) is 17.5 Å². The topological polar surface area (TPSA) is 61.7 Å². The molecule has 0 aromatic heterocycles. The number of nitrogens with zero attached hydrogens (tertiary/aromatic N) is 1. The van der Waals surface area contributed by atoms with Gasteiger partial charge in [-0.25, -0.2) is 0 Å². The molecule has 2 rings (SSSR count). The molecule has 2 N–H and O–H groups in total. The fourth-order valence-corrected chi connectivity index (χ4v) is 9.14. The summed E-state index contributed by atoms with van der Waals surface area (Å²) in [7, 11) is 0. The van der Waals surface area contributed by atoms with E-state index in [0.29, 0.717) is 18.7 Å². The van der Waals surface area contributed by atoms with Gasteiger partial charge in [-0.15, -0.1) is 0 Å². The molecule has 1 aliphatic rings. The van der Waals surface area contributed by atoms with Crippen molar-refractivity contribution < 1.29 is 14.4 Å². The van der Waals surface area contributed by atoms with Crippen LogP contribution in [-0.2, 0) is 11.2 Å². The van der Waals surface area contributed by atoms with Gasteiger partial charge in [0, 0.05) is 0 Å². The van der Waals surface area contributed by atoms with E-state index >= 15 is 0 Å². The van der Waals surface area contributed by atoms with E-state index in [1.54, 1.807) is 12.1 Å². The molecule has 0 spiro atoms. The number of hydrogen-bond acceptors (Lipinski definition) is 3. The molecule has 1 aromatic carbocycles. The van der Waals surface area contributed by atoms with Crippen LogP contribution in [-0.4, -0.2) is 49.1 Å². The fraction of sp³-hybridized carbons (Fsp3) is 0.385. The Morgan fingerprint density at radius 3 is 3.00 bits per heavy atom. The van der Waals surface area contributed by atoms with Crippen LogP contribution in [0.2, 0.25) is 10.6 Å². The molecule has 1 amide bonds. The Morgan fingerprint density at radius 2 is 2.35 bits per heavy atom. The van der Waals surface area contributed by atoms with Crippen LogP contribution in [0.4, 0.5) is 4.39 Å². The van der Waals surface area contributed by atoms with Crippen molar-refractivity contribution in [1.29, 1.82) is 0 Å². The van der Waals surface area contributed by atoms with Crippen molar-refractivity contribution in [1.82, 2.24) is 5.32 Å². The molecule has 7 heteroatoms. The van der Waals surface area contributed by atoms with Crippen LogP contribution in [0.1, 0.15) is 12.0 Å². The standard InChI is InChI=1S/C13H15FN2O2Se2/c14-10-3-1-2-9(6-10)7-12(16-18)13(17)15-11-4-5-19-20-8-11/h1-3,6,11,18H,4-5,7-8H2,(H,15,17)/b16-12+. The van der Waals surface area contributed by atoms with Gasteiger partial charge in [0.15, 0.2) is 0 Å². The molecule has 0 saturated carbocycles. The van der Waals surface area contributed by atoms with Crippen LogP contribution in [0.15, 0.2) is 29.4 Å². The summed E-state index contributed by atoms with van der Waals surface area (Å²) in [5.74, 6) is -0.718. The van der Waals surface area contributed by atoms with Crippen LogP contribution >= 0.6 is 0 Å². The number of benzene rings is 1. The van der Waals surface area contributed by atoms with Crippen LogP contribution in [0.5, 0.6) is 0 Å². The fourth-order valence-electron chi connectivity index (χ4n) is 1.85. The molecule has 1 fully saturated rings. The third-order valence-electron chi connectivity index (χ3n) is 2.88. The van der Waals surface area contributed by atoms with Gasteiger partial charge in [-0.3, -0.25) is 0 Å². The zero-order valence-electron chi connectivity index (χ0n) is 10.7. The number of carbonyl (C=O) groups excluding carboxylic acids is 1. The molecule has 1 heterocycles. The van der Waals surface area contributed by atoms with Gasteiger partial charge in [-0.2, -0.15) is 0 Å². The predicted molar refractivity (Wildman–Crippen MR) is 77.0 cm³/mol. The van der Waals surface area contributed by atoms with Crippen molar-refractivity contribution in [3.8, 4) is 0 Å². The summed E-state index contributed by atoms with van der Waals surface area (Å²) in [6, 6.07) is 6.15. The van der Waals surface area contributed by atoms with Gasteiger partial charge in [-0.05, 0) is 0 Å². The summed E-state index contributed by atoms with van der Waals surface area (Å²) in [6.45, 7) is 0. The van der Waals surface area contributed by atoms with Crippen molar-refractivity contribution >= 4 is 37.9 Å². The number of oxime groups is 1. The van der Waals surface area contributed by atoms with E-state index in [9.17, 15) is 9.18 Å². The number of halogens is 1. The minimum absolute atomic E-state index is 0.0270. The molecule has 1 saturated heterocycles. The van der Waals surface area contributed by atoms with Gasteiger partial charge >= 0.3 is 128 Å². The maximum absolute atomic E-state index is 13.1. The summed E-state index contributed by atoms with van der Waals surface area (Å²) in [6.07, 6.45) is 1.13. The van der Waals surface area contributed by atoms with Crippen molar-refractivity contribution in [2.45, 2.75) is 29.5 Å². The molecule has 4 nitrogen and oxygen atoms in total. The SMILES string of the molecule is O=C(NC1CC[Se][Se]C1)/C(Cc1cccc(F)c1)=N/O. The van der Waals surface area contributed by atoms with E-state index < -0.39 is 0 Å². The van der Waals surface area contributed by atoms with E-state index in [0.717, 1.165) is 24.9 Å². The molecule has 0 radical (unpaired) electrons. The Kier molecular flexibility index (Phi) is 6.04. The van der Waals surface area contributed by atoms with Gasteiger partial charge in [-0.1, -0.05) is 0 Å². The molecule has 0 bridgehead atoms. The third kappa shape index (κ3) is 4.60. The molecule has 108 valence electrons. The van der Waals surface area contributed by atoms with Crippen LogP contribution < -0.4 is 5.32 Å².